The van der Waals surface area contributed by atoms with Crippen molar-refractivity contribution in [1.82, 2.24) is 19.6 Å². The highest BCUT2D eigenvalue weighted by Crippen LogP contribution is 2.24. The monoisotopic (exact) mass is 350 g/mol. The van der Waals surface area contributed by atoms with Gasteiger partial charge < -0.3 is 4.74 Å². The minimum absolute atomic E-state index is 0.533. The second kappa shape index (κ2) is 6.91. The van der Waals surface area contributed by atoms with Crippen molar-refractivity contribution >= 4 is 17.2 Å². The number of fused-ring (bicyclic) bond motifs is 1. The Kier molecular flexibility index (Phi) is 4.31. The van der Waals surface area contributed by atoms with Gasteiger partial charge in [-0.3, -0.25) is 4.98 Å². The molecule has 4 rings (SSSR count). The minimum Gasteiger partial charge on any atom is -0.476 e. The lowest BCUT2D eigenvalue weighted by Gasteiger charge is -2.07. The molecule has 0 N–H and O–H groups in total. The van der Waals surface area contributed by atoms with Crippen LogP contribution in [0.2, 0.25) is 5.02 Å². The van der Waals surface area contributed by atoms with Gasteiger partial charge in [0.25, 0.3) is 0 Å². The van der Waals surface area contributed by atoms with Crippen LogP contribution >= 0.6 is 11.6 Å². The van der Waals surface area contributed by atoms with E-state index in [1.807, 2.05) is 54.7 Å². The summed E-state index contributed by atoms with van der Waals surface area (Å²) in [4.78, 5) is 8.49. The summed E-state index contributed by atoms with van der Waals surface area (Å²) in [5, 5.41) is 5.22. The van der Waals surface area contributed by atoms with Crippen LogP contribution in [0.4, 0.5) is 0 Å². The first-order valence-corrected chi connectivity index (χ1v) is 8.30. The summed E-state index contributed by atoms with van der Waals surface area (Å²) in [6.07, 6.45) is 6.16. The van der Waals surface area contributed by atoms with Crippen molar-refractivity contribution < 1.29 is 4.74 Å². The summed E-state index contributed by atoms with van der Waals surface area (Å²) >= 11 is 6.09. The van der Waals surface area contributed by atoms with Crippen LogP contribution in [-0.4, -0.2) is 26.2 Å². The molecule has 25 heavy (non-hydrogen) atoms. The van der Waals surface area contributed by atoms with Crippen LogP contribution in [0.15, 0.2) is 67.1 Å². The highest BCUT2D eigenvalue weighted by Gasteiger charge is 2.09. The molecule has 0 aliphatic rings. The van der Waals surface area contributed by atoms with E-state index in [1.165, 1.54) is 0 Å². The molecule has 0 spiro atoms. The number of pyridine rings is 1. The second-order valence-electron chi connectivity index (χ2n) is 5.56. The van der Waals surface area contributed by atoms with Gasteiger partial charge in [0.05, 0.1) is 18.5 Å². The maximum absolute atomic E-state index is 6.09. The number of nitrogens with zero attached hydrogens (tertiary/aromatic N) is 4. The van der Waals surface area contributed by atoms with E-state index >= 15 is 0 Å². The summed E-state index contributed by atoms with van der Waals surface area (Å²) in [5.74, 6) is 0.553. The Hall–Kier alpha value is -2.92. The largest absolute Gasteiger partial charge is 0.476 e. The highest BCUT2D eigenvalue weighted by molar-refractivity contribution is 6.30. The maximum atomic E-state index is 6.09. The van der Waals surface area contributed by atoms with E-state index in [-0.39, 0.29) is 0 Å². The van der Waals surface area contributed by atoms with Crippen molar-refractivity contribution in [2.75, 3.05) is 6.61 Å². The Bertz CT molecular complexity index is 1000. The van der Waals surface area contributed by atoms with E-state index in [4.69, 9.17) is 16.3 Å². The Morgan fingerprint density at radius 3 is 2.84 bits per heavy atom. The average Bonchev–Trinajstić information content (AvgIpc) is 3.06. The van der Waals surface area contributed by atoms with Gasteiger partial charge in [0.2, 0.25) is 5.88 Å². The predicted molar refractivity (Wildman–Crippen MR) is 96.9 cm³/mol. The Balaban J connectivity index is 1.56. The Morgan fingerprint density at radius 2 is 2.00 bits per heavy atom. The van der Waals surface area contributed by atoms with Gasteiger partial charge in [-0.25, -0.2) is 9.50 Å². The van der Waals surface area contributed by atoms with E-state index < -0.39 is 0 Å². The summed E-state index contributed by atoms with van der Waals surface area (Å²) < 4.78 is 7.56. The summed E-state index contributed by atoms with van der Waals surface area (Å²) in [7, 11) is 0. The molecule has 1 aromatic carbocycles. The van der Waals surface area contributed by atoms with Gasteiger partial charge in [0.1, 0.15) is 0 Å². The van der Waals surface area contributed by atoms with Crippen molar-refractivity contribution in [3.05, 3.63) is 77.7 Å². The van der Waals surface area contributed by atoms with E-state index in [0.717, 1.165) is 28.9 Å². The zero-order valence-corrected chi connectivity index (χ0v) is 14.1. The average molecular weight is 351 g/mol. The smallest absolute Gasteiger partial charge is 0.231 e. The molecule has 4 aromatic rings. The Labute approximate surface area is 149 Å². The van der Waals surface area contributed by atoms with Gasteiger partial charge in [0, 0.05) is 35.5 Å². The third kappa shape index (κ3) is 3.46. The van der Waals surface area contributed by atoms with E-state index in [2.05, 4.69) is 15.1 Å². The van der Waals surface area contributed by atoms with Gasteiger partial charge >= 0.3 is 0 Å². The molecule has 0 aliphatic heterocycles. The fraction of sp³-hybridized carbons (Fsp3) is 0.105. The third-order valence-electron chi connectivity index (χ3n) is 3.82. The van der Waals surface area contributed by atoms with Crippen LogP contribution in [0.5, 0.6) is 5.88 Å². The SMILES string of the molecule is Clc1cccc(-c2cnc3ccc(OCCc4cccnc4)nn23)c1. The number of hydrogen-bond donors (Lipinski definition) is 0. The van der Waals surface area contributed by atoms with Gasteiger partial charge in [-0.1, -0.05) is 29.8 Å². The van der Waals surface area contributed by atoms with Crippen LogP contribution in [0.1, 0.15) is 5.56 Å². The Morgan fingerprint density at radius 1 is 1.04 bits per heavy atom. The molecule has 5 nitrogen and oxygen atoms in total. The first-order valence-electron chi connectivity index (χ1n) is 7.92. The number of aromatic nitrogens is 4. The number of hydrogen-bond acceptors (Lipinski definition) is 4. The van der Waals surface area contributed by atoms with E-state index in [9.17, 15) is 0 Å². The van der Waals surface area contributed by atoms with Gasteiger partial charge in [-0.05, 0) is 29.8 Å². The summed E-state index contributed by atoms with van der Waals surface area (Å²) in [5.41, 5.74) is 3.72. The van der Waals surface area contributed by atoms with Gasteiger partial charge in [0.15, 0.2) is 5.65 Å². The fourth-order valence-corrected chi connectivity index (χ4v) is 2.79. The van der Waals surface area contributed by atoms with Crippen molar-refractivity contribution in [2.45, 2.75) is 6.42 Å². The summed E-state index contributed by atoms with van der Waals surface area (Å²) in [6, 6.07) is 15.3. The molecule has 0 unspecified atom stereocenters. The first-order chi connectivity index (χ1) is 12.3. The van der Waals surface area contributed by atoms with Crippen LogP contribution < -0.4 is 4.74 Å². The molecule has 0 amide bonds. The summed E-state index contributed by atoms with van der Waals surface area (Å²) in [6.45, 7) is 0.533. The van der Waals surface area contributed by atoms with Crippen molar-refractivity contribution in [3.63, 3.8) is 0 Å². The topological polar surface area (TPSA) is 52.3 Å². The zero-order chi connectivity index (χ0) is 17.1. The number of imidazole rings is 1. The molecule has 3 heterocycles. The normalized spacial score (nSPS) is 10.9. The standard InChI is InChI=1S/C19H15ClN4O/c20-16-5-1-4-15(11-16)17-13-22-18-6-7-19(23-24(17)18)25-10-8-14-3-2-9-21-12-14/h1-7,9,11-13H,8,10H2. The molecular weight excluding hydrogens is 336 g/mol. The molecule has 124 valence electrons. The lowest BCUT2D eigenvalue weighted by atomic mass is 10.2. The fourth-order valence-electron chi connectivity index (χ4n) is 2.60. The third-order valence-corrected chi connectivity index (χ3v) is 4.06. The lowest BCUT2D eigenvalue weighted by molar-refractivity contribution is 0.304. The molecule has 0 saturated heterocycles. The van der Waals surface area contributed by atoms with Gasteiger partial charge in [-0.2, -0.15) is 0 Å². The number of benzene rings is 1. The van der Waals surface area contributed by atoms with Crippen molar-refractivity contribution in [3.8, 4) is 17.1 Å². The van der Waals surface area contributed by atoms with Crippen LogP contribution in [-0.2, 0) is 6.42 Å². The maximum Gasteiger partial charge on any atom is 0.231 e. The van der Waals surface area contributed by atoms with Crippen LogP contribution in [0.3, 0.4) is 0 Å². The zero-order valence-electron chi connectivity index (χ0n) is 13.3. The molecule has 0 bridgehead atoms. The molecule has 0 fully saturated rings. The quantitative estimate of drug-likeness (QED) is 0.544. The lowest BCUT2D eigenvalue weighted by Crippen LogP contribution is -2.05. The number of halogens is 1. The highest BCUT2D eigenvalue weighted by atomic mass is 35.5. The van der Waals surface area contributed by atoms with E-state index in [1.54, 1.807) is 16.9 Å². The molecule has 3 aromatic heterocycles. The predicted octanol–water partition coefficient (Wildman–Crippen LogP) is 4.07. The first kappa shape index (κ1) is 15.6. The van der Waals surface area contributed by atoms with Crippen molar-refractivity contribution in [2.24, 2.45) is 0 Å². The molecular formula is C19H15ClN4O. The number of rotatable bonds is 5. The molecule has 0 saturated carbocycles. The van der Waals surface area contributed by atoms with Crippen molar-refractivity contribution in [1.29, 1.82) is 0 Å². The van der Waals surface area contributed by atoms with E-state index in [0.29, 0.717) is 17.5 Å². The second-order valence-corrected chi connectivity index (χ2v) is 5.99. The van der Waals surface area contributed by atoms with Crippen LogP contribution in [0.25, 0.3) is 16.9 Å². The van der Waals surface area contributed by atoms with Gasteiger partial charge in [-0.15, -0.1) is 5.10 Å². The minimum atomic E-state index is 0.533. The molecule has 0 atom stereocenters. The molecule has 6 heteroatoms. The van der Waals surface area contributed by atoms with Crippen LogP contribution in [0, 0.1) is 0 Å². The molecule has 0 radical (unpaired) electrons. The molecule has 0 aliphatic carbocycles. The number of ether oxygens (including phenoxy) is 1.